The van der Waals surface area contributed by atoms with E-state index in [1.807, 2.05) is 12.1 Å². The minimum atomic E-state index is -0.603. The van der Waals surface area contributed by atoms with Gasteiger partial charge in [-0.25, -0.2) is 5.43 Å². The van der Waals surface area contributed by atoms with Crippen LogP contribution >= 0.6 is 15.9 Å². The number of methoxy groups -OCH3 is 1. The third kappa shape index (κ3) is 7.17. The van der Waals surface area contributed by atoms with Crippen LogP contribution in [-0.2, 0) is 17.8 Å². The van der Waals surface area contributed by atoms with Gasteiger partial charge in [0.15, 0.2) is 5.76 Å². The molecule has 2 heterocycles. The molecule has 0 saturated carbocycles. The van der Waals surface area contributed by atoms with E-state index in [9.17, 15) is 19.7 Å². The van der Waals surface area contributed by atoms with E-state index in [0.29, 0.717) is 22.7 Å². The number of furan rings is 1. The second kappa shape index (κ2) is 12.2. The monoisotopic (exact) mass is 594 g/mol. The number of carbonyl (C=O) groups excluding carboxylic acids is 2. The fraction of sp³-hybridized carbons (Fsp3) is 0.154. The Labute approximate surface area is 230 Å². The highest BCUT2D eigenvalue weighted by molar-refractivity contribution is 9.10. The van der Waals surface area contributed by atoms with Gasteiger partial charge >= 0.3 is 11.7 Å². The van der Waals surface area contributed by atoms with Gasteiger partial charge < -0.3 is 24.6 Å². The van der Waals surface area contributed by atoms with Crippen molar-refractivity contribution in [3.05, 3.63) is 104 Å². The minimum absolute atomic E-state index is 0.0156. The zero-order chi connectivity index (χ0) is 27.9. The van der Waals surface area contributed by atoms with Crippen molar-refractivity contribution in [1.29, 1.82) is 0 Å². The standard InChI is InChI=1S/C26H23BrN6O6/c1-16(18-4-3-5-19(13-18)28-24(34)12-17-6-8-20(38-2)9-7-17)29-30-26(35)23-11-10-21(39-23)14-32-15-22(27)25(31-32)33(36)37/h3-11,13,15H,12,14H2,1-2H3,(H,28,34)(H,30,35)/b29-16-. The predicted molar refractivity (Wildman–Crippen MR) is 146 cm³/mol. The van der Waals surface area contributed by atoms with Crippen LogP contribution in [0.4, 0.5) is 11.5 Å². The summed E-state index contributed by atoms with van der Waals surface area (Å²) in [6, 6.07) is 17.4. The molecule has 0 fully saturated rings. The molecule has 2 amide bonds. The number of benzene rings is 2. The first-order valence-electron chi connectivity index (χ1n) is 11.6. The molecule has 39 heavy (non-hydrogen) atoms. The SMILES string of the molecule is COc1ccc(CC(=O)Nc2cccc(/C(C)=N\NC(=O)c3ccc(Cn4cc(Br)c([N+](=O)[O-])n4)o3)c2)cc1. The first-order valence-corrected chi connectivity index (χ1v) is 12.3. The van der Waals surface area contributed by atoms with Crippen molar-refractivity contribution < 1.29 is 23.7 Å². The fourth-order valence-electron chi connectivity index (χ4n) is 3.55. The number of hydrogen-bond donors (Lipinski definition) is 2. The molecule has 2 aromatic heterocycles. The molecule has 4 aromatic rings. The number of ether oxygens (including phenoxy) is 1. The summed E-state index contributed by atoms with van der Waals surface area (Å²) in [5.74, 6) is 0.0519. The van der Waals surface area contributed by atoms with Crippen molar-refractivity contribution in [2.24, 2.45) is 5.10 Å². The highest BCUT2D eigenvalue weighted by atomic mass is 79.9. The largest absolute Gasteiger partial charge is 0.497 e. The van der Waals surface area contributed by atoms with Crippen LogP contribution in [0.25, 0.3) is 0 Å². The van der Waals surface area contributed by atoms with Gasteiger partial charge in [0.2, 0.25) is 5.91 Å². The van der Waals surface area contributed by atoms with Gasteiger partial charge in [0.1, 0.15) is 22.5 Å². The molecular formula is C26H23BrN6O6. The third-order valence-electron chi connectivity index (χ3n) is 5.49. The van der Waals surface area contributed by atoms with Crippen molar-refractivity contribution in [3.8, 4) is 5.75 Å². The molecule has 4 rings (SSSR count). The quantitative estimate of drug-likeness (QED) is 0.155. The number of hydrogen-bond acceptors (Lipinski definition) is 8. The van der Waals surface area contributed by atoms with Gasteiger partial charge in [0.25, 0.3) is 0 Å². The summed E-state index contributed by atoms with van der Waals surface area (Å²) in [7, 11) is 1.58. The number of amides is 2. The Kier molecular flexibility index (Phi) is 8.51. The molecule has 0 bridgehead atoms. The molecule has 0 aliphatic heterocycles. The van der Waals surface area contributed by atoms with E-state index in [0.717, 1.165) is 11.3 Å². The first kappa shape index (κ1) is 27.3. The Morgan fingerprint density at radius 1 is 1.18 bits per heavy atom. The molecule has 0 atom stereocenters. The van der Waals surface area contributed by atoms with Crippen molar-refractivity contribution in [2.75, 3.05) is 12.4 Å². The van der Waals surface area contributed by atoms with Gasteiger partial charge in [-0.3, -0.25) is 9.59 Å². The Morgan fingerprint density at radius 2 is 1.95 bits per heavy atom. The number of nitro groups is 1. The zero-order valence-corrected chi connectivity index (χ0v) is 22.5. The zero-order valence-electron chi connectivity index (χ0n) is 20.9. The maximum absolute atomic E-state index is 12.5. The lowest BCUT2D eigenvalue weighted by atomic mass is 10.1. The molecule has 0 aliphatic carbocycles. The van der Waals surface area contributed by atoms with Gasteiger partial charge in [-0.15, -0.1) is 0 Å². The summed E-state index contributed by atoms with van der Waals surface area (Å²) in [4.78, 5) is 35.3. The van der Waals surface area contributed by atoms with Crippen LogP contribution < -0.4 is 15.5 Å². The number of anilines is 1. The van der Waals surface area contributed by atoms with Crippen molar-refractivity contribution in [1.82, 2.24) is 15.2 Å². The van der Waals surface area contributed by atoms with E-state index >= 15 is 0 Å². The summed E-state index contributed by atoms with van der Waals surface area (Å²) in [6.45, 7) is 1.81. The number of aromatic nitrogens is 2. The molecule has 13 heteroatoms. The lowest BCUT2D eigenvalue weighted by Gasteiger charge is -2.08. The fourth-order valence-corrected chi connectivity index (χ4v) is 4.01. The summed E-state index contributed by atoms with van der Waals surface area (Å²) < 4.78 is 12.2. The maximum Gasteiger partial charge on any atom is 0.404 e. The van der Waals surface area contributed by atoms with Gasteiger partial charge in [-0.2, -0.15) is 9.78 Å². The lowest BCUT2D eigenvalue weighted by molar-refractivity contribution is -0.390. The van der Waals surface area contributed by atoms with Crippen LogP contribution in [0.2, 0.25) is 0 Å². The molecular weight excluding hydrogens is 572 g/mol. The van der Waals surface area contributed by atoms with E-state index in [1.54, 1.807) is 56.5 Å². The average molecular weight is 595 g/mol. The van der Waals surface area contributed by atoms with Gasteiger partial charge in [0.05, 0.1) is 30.5 Å². The van der Waals surface area contributed by atoms with Gasteiger partial charge in [0, 0.05) is 5.69 Å². The molecule has 0 aliphatic rings. The van der Waals surface area contributed by atoms with Crippen molar-refractivity contribution >= 4 is 45.0 Å². The Bertz CT molecular complexity index is 1540. The van der Waals surface area contributed by atoms with Crippen LogP contribution in [0.1, 0.15) is 34.4 Å². The van der Waals surface area contributed by atoms with E-state index in [1.165, 1.54) is 16.9 Å². The second-order valence-electron chi connectivity index (χ2n) is 8.31. The summed E-state index contributed by atoms with van der Waals surface area (Å²) in [5, 5.41) is 21.8. The highest BCUT2D eigenvalue weighted by Crippen LogP contribution is 2.23. The van der Waals surface area contributed by atoms with Crippen LogP contribution in [0, 0.1) is 10.1 Å². The molecule has 0 spiro atoms. The highest BCUT2D eigenvalue weighted by Gasteiger charge is 2.20. The Morgan fingerprint density at radius 3 is 2.64 bits per heavy atom. The number of rotatable bonds is 10. The predicted octanol–water partition coefficient (Wildman–Crippen LogP) is 4.54. The van der Waals surface area contributed by atoms with Crippen LogP contribution in [0.15, 0.2) is 80.9 Å². The topological polar surface area (TPSA) is 154 Å². The molecule has 0 unspecified atom stereocenters. The second-order valence-corrected chi connectivity index (χ2v) is 9.17. The molecule has 2 aromatic carbocycles. The Hall–Kier alpha value is -4.78. The number of halogens is 1. The van der Waals surface area contributed by atoms with Crippen LogP contribution in [0.5, 0.6) is 5.75 Å². The molecule has 12 nitrogen and oxygen atoms in total. The third-order valence-corrected chi connectivity index (χ3v) is 6.05. The molecule has 0 radical (unpaired) electrons. The first-order chi connectivity index (χ1) is 18.7. The lowest BCUT2D eigenvalue weighted by Crippen LogP contribution is -2.19. The van der Waals surface area contributed by atoms with Crippen molar-refractivity contribution in [2.45, 2.75) is 19.9 Å². The van der Waals surface area contributed by atoms with Gasteiger partial charge in [-0.05, 0) is 75.3 Å². The van der Waals surface area contributed by atoms with E-state index < -0.39 is 10.8 Å². The average Bonchev–Trinajstić information content (AvgIpc) is 3.54. The van der Waals surface area contributed by atoms with E-state index in [2.05, 4.69) is 36.9 Å². The number of hydrazone groups is 1. The number of nitrogens with one attached hydrogen (secondary N) is 2. The molecule has 0 saturated heterocycles. The molecule has 2 N–H and O–H groups in total. The Balaban J connectivity index is 1.34. The van der Waals surface area contributed by atoms with E-state index in [-0.39, 0.29) is 34.9 Å². The maximum atomic E-state index is 12.5. The smallest absolute Gasteiger partial charge is 0.404 e. The van der Waals surface area contributed by atoms with E-state index in [4.69, 9.17) is 9.15 Å². The van der Waals surface area contributed by atoms with Crippen molar-refractivity contribution in [3.63, 3.8) is 0 Å². The van der Waals surface area contributed by atoms with Gasteiger partial charge in [-0.1, -0.05) is 24.3 Å². The number of nitrogens with zero attached hydrogens (tertiary/aromatic N) is 4. The summed E-state index contributed by atoms with van der Waals surface area (Å²) in [5.41, 5.74) is 5.09. The normalized spacial score (nSPS) is 11.2. The molecule has 200 valence electrons. The minimum Gasteiger partial charge on any atom is -0.497 e. The summed E-state index contributed by atoms with van der Waals surface area (Å²) in [6.07, 6.45) is 1.65. The number of carbonyl (C=O) groups is 2. The van der Waals surface area contributed by atoms with Crippen LogP contribution in [-0.4, -0.2) is 39.3 Å². The van der Waals surface area contributed by atoms with Crippen LogP contribution in [0.3, 0.4) is 0 Å². The summed E-state index contributed by atoms with van der Waals surface area (Å²) >= 11 is 3.09.